The third-order valence-electron chi connectivity index (χ3n) is 2.60. The molecule has 0 saturated carbocycles. The van der Waals surface area contributed by atoms with Gasteiger partial charge in [-0.15, -0.1) is 0 Å². The monoisotopic (exact) mass is 260 g/mol. The molecule has 0 heterocycles. The first-order valence-electron chi connectivity index (χ1n) is 5.82. The Labute approximate surface area is 110 Å². The van der Waals surface area contributed by atoms with E-state index >= 15 is 0 Å². The van der Waals surface area contributed by atoms with E-state index in [1.54, 1.807) is 0 Å². The molecule has 0 aromatic heterocycles. The van der Waals surface area contributed by atoms with Crippen molar-refractivity contribution in [3.8, 4) is 5.75 Å². The average molecular weight is 260 g/mol. The van der Waals surface area contributed by atoms with E-state index in [1.807, 2.05) is 30.3 Å². The highest BCUT2D eigenvalue weighted by Crippen LogP contribution is 2.21. The summed E-state index contributed by atoms with van der Waals surface area (Å²) in [5.74, 6) is -1.09. The Kier molecular flexibility index (Phi) is 4.13. The number of halogens is 1. The van der Waals surface area contributed by atoms with Crippen molar-refractivity contribution >= 4 is 5.97 Å². The van der Waals surface area contributed by atoms with Gasteiger partial charge in [0.15, 0.2) is 0 Å². The summed E-state index contributed by atoms with van der Waals surface area (Å²) in [7, 11) is 0. The molecule has 2 aromatic rings. The van der Waals surface area contributed by atoms with Crippen LogP contribution in [0.5, 0.6) is 5.75 Å². The zero-order chi connectivity index (χ0) is 13.7. The number of hydrogen-bond acceptors (Lipinski definition) is 2. The summed E-state index contributed by atoms with van der Waals surface area (Å²) in [6.07, 6.45) is -0.262. The zero-order valence-electron chi connectivity index (χ0n) is 10.2. The molecule has 0 spiro atoms. The fraction of sp³-hybridized carbons (Fsp3) is 0.133. The highest BCUT2D eigenvalue weighted by atomic mass is 19.1. The molecule has 0 aliphatic heterocycles. The first-order valence-corrected chi connectivity index (χ1v) is 5.82. The first kappa shape index (κ1) is 13.1. The zero-order valence-corrected chi connectivity index (χ0v) is 10.2. The number of carboxylic acid groups (broad SMARTS) is 1. The maximum Gasteiger partial charge on any atom is 0.307 e. The van der Waals surface area contributed by atoms with Gasteiger partial charge < -0.3 is 9.84 Å². The van der Waals surface area contributed by atoms with Gasteiger partial charge >= 0.3 is 5.97 Å². The second kappa shape index (κ2) is 6.00. The molecule has 3 nitrogen and oxygen atoms in total. The molecular formula is C15H13FO3. The smallest absolute Gasteiger partial charge is 0.307 e. The minimum Gasteiger partial charge on any atom is -0.489 e. The lowest BCUT2D eigenvalue weighted by Crippen LogP contribution is -2.04. The highest BCUT2D eigenvalue weighted by molar-refractivity contribution is 5.71. The third kappa shape index (κ3) is 3.81. The van der Waals surface area contributed by atoms with E-state index in [4.69, 9.17) is 9.84 Å². The van der Waals surface area contributed by atoms with Gasteiger partial charge in [-0.25, -0.2) is 4.39 Å². The second-order valence-corrected chi connectivity index (χ2v) is 4.10. The number of carbonyl (C=O) groups is 1. The van der Waals surface area contributed by atoms with Gasteiger partial charge in [0.2, 0.25) is 0 Å². The van der Waals surface area contributed by atoms with Crippen molar-refractivity contribution in [2.24, 2.45) is 0 Å². The molecule has 0 unspecified atom stereocenters. The highest BCUT2D eigenvalue weighted by Gasteiger charge is 2.09. The lowest BCUT2D eigenvalue weighted by molar-refractivity contribution is -0.136. The Morgan fingerprint density at radius 1 is 1.16 bits per heavy atom. The van der Waals surface area contributed by atoms with E-state index in [2.05, 4.69) is 0 Å². The van der Waals surface area contributed by atoms with Crippen LogP contribution in [0.25, 0.3) is 0 Å². The Morgan fingerprint density at radius 2 is 1.89 bits per heavy atom. The van der Waals surface area contributed by atoms with Gasteiger partial charge in [-0.1, -0.05) is 30.3 Å². The van der Waals surface area contributed by atoms with Gasteiger partial charge in [0, 0.05) is 5.56 Å². The van der Waals surface area contributed by atoms with Crippen LogP contribution in [0.4, 0.5) is 4.39 Å². The number of carboxylic acids is 1. The fourth-order valence-electron chi connectivity index (χ4n) is 1.73. The van der Waals surface area contributed by atoms with Crippen molar-refractivity contribution in [2.45, 2.75) is 13.0 Å². The van der Waals surface area contributed by atoms with Crippen LogP contribution >= 0.6 is 0 Å². The van der Waals surface area contributed by atoms with Gasteiger partial charge in [-0.05, 0) is 23.8 Å². The first-order chi connectivity index (χ1) is 9.15. The van der Waals surface area contributed by atoms with E-state index < -0.39 is 11.8 Å². The van der Waals surface area contributed by atoms with E-state index in [1.165, 1.54) is 18.2 Å². The van der Waals surface area contributed by atoms with Crippen LogP contribution in [-0.4, -0.2) is 11.1 Å². The summed E-state index contributed by atoms with van der Waals surface area (Å²) in [5, 5.41) is 8.79. The predicted molar refractivity (Wildman–Crippen MR) is 68.5 cm³/mol. The lowest BCUT2D eigenvalue weighted by Gasteiger charge is -2.10. The average Bonchev–Trinajstić information content (AvgIpc) is 2.38. The van der Waals surface area contributed by atoms with Crippen LogP contribution < -0.4 is 4.74 Å². The van der Waals surface area contributed by atoms with Gasteiger partial charge in [0.05, 0.1) is 6.42 Å². The standard InChI is InChI=1S/C15H13FO3/c16-13-6-7-14(12(8-13)9-15(17)18)19-10-11-4-2-1-3-5-11/h1-8H,9-10H2,(H,17,18). The second-order valence-electron chi connectivity index (χ2n) is 4.10. The molecule has 1 N–H and O–H groups in total. The number of ether oxygens (including phenoxy) is 1. The van der Waals surface area contributed by atoms with Gasteiger partial charge in [-0.3, -0.25) is 4.79 Å². The number of rotatable bonds is 5. The third-order valence-corrected chi connectivity index (χ3v) is 2.60. The molecule has 2 rings (SSSR count). The molecule has 98 valence electrons. The van der Waals surface area contributed by atoms with Crippen molar-refractivity contribution in [3.63, 3.8) is 0 Å². The Hall–Kier alpha value is -2.36. The SMILES string of the molecule is O=C(O)Cc1cc(F)ccc1OCc1ccccc1. The van der Waals surface area contributed by atoms with Crippen LogP contribution in [-0.2, 0) is 17.8 Å². The summed E-state index contributed by atoms with van der Waals surface area (Å²) in [6, 6.07) is 13.4. The molecule has 0 bridgehead atoms. The molecule has 2 aromatic carbocycles. The van der Waals surface area contributed by atoms with Gasteiger partial charge in [-0.2, -0.15) is 0 Å². The summed E-state index contributed by atoms with van der Waals surface area (Å²) in [5.41, 5.74) is 1.30. The largest absolute Gasteiger partial charge is 0.489 e. The molecule has 0 fully saturated rings. The molecular weight excluding hydrogens is 247 g/mol. The normalized spacial score (nSPS) is 10.2. The Balaban J connectivity index is 2.13. The van der Waals surface area contributed by atoms with Crippen LogP contribution in [0, 0.1) is 5.82 Å². The van der Waals surface area contributed by atoms with Crippen LogP contribution in [0.3, 0.4) is 0 Å². The van der Waals surface area contributed by atoms with Crippen molar-refractivity contribution in [2.75, 3.05) is 0 Å². The van der Waals surface area contributed by atoms with Crippen LogP contribution in [0.2, 0.25) is 0 Å². The van der Waals surface area contributed by atoms with Crippen molar-refractivity contribution < 1.29 is 19.0 Å². The topological polar surface area (TPSA) is 46.5 Å². The van der Waals surface area contributed by atoms with Gasteiger partial charge in [0.25, 0.3) is 0 Å². The minimum atomic E-state index is -1.02. The Bertz CT molecular complexity index is 567. The maximum absolute atomic E-state index is 13.1. The minimum absolute atomic E-state index is 0.262. The number of benzene rings is 2. The molecule has 0 saturated heterocycles. The molecule has 0 atom stereocenters. The van der Waals surface area contributed by atoms with Crippen molar-refractivity contribution in [3.05, 3.63) is 65.5 Å². The molecule has 0 radical (unpaired) electrons. The summed E-state index contributed by atoms with van der Waals surface area (Å²) in [6.45, 7) is 0.319. The predicted octanol–water partition coefficient (Wildman–Crippen LogP) is 3.03. The van der Waals surface area contributed by atoms with Gasteiger partial charge in [0.1, 0.15) is 18.2 Å². The number of aliphatic carboxylic acids is 1. The molecule has 0 aliphatic carbocycles. The summed E-state index contributed by atoms with van der Waals surface area (Å²) >= 11 is 0. The lowest BCUT2D eigenvalue weighted by atomic mass is 10.1. The maximum atomic E-state index is 13.1. The Morgan fingerprint density at radius 3 is 2.58 bits per heavy atom. The molecule has 19 heavy (non-hydrogen) atoms. The van der Waals surface area contributed by atoms with E-state index in [9.17, 15) is 9.18 Å². The molecule has 4 heteroatoms. The quantitative estimate of drug-likeness (QED) is 0.898. The molecule has 0 amide bonds. The summed E-state index contributed by atoms with van der Waals surface area (Å²) in [4.78, 5) is 10.7. The number of hydrogen-bond donors (Lipinski definition) is 1. The summed E-state index contributed by atoms with van der Waals surface area (Å²) < 4.78 is 18.7. The fourth-order valence-corrected chi connectivity index (χ4v) is 1.73. The van der Waals surface area contributed by atoms with Crippen molar-refractivity contribution in [1.82, 2.24) is 0 Å². The van der Waals surface area contributed by atoms with E-state index in [0.29, 0.717) is 17.9 Å². The van der Waals surface area contributed by atoms with Crippen molar-refractivity contribution in [1.29, 1.82) is 0 Å². The van der Waals surface area contributed by atoms with Crippen LogP contribution in [0.15, 0.2) is 48.5 Å². The van der Waals surface area contributed by atoms with E-state index in [-0.39, 0.29) is 6.42 Å². The van der Waals surface area contributed by atoms with E-state index in [0.717, 1.165) is 5.56 Å². The molecule has 0 aliphatic rings. The van der Waals surface area contributed by atoms with Crippen LogP contribution in [0.1, 0.15) is 11.1 Å².